The molecule has 0 fully saturated rings. The number of halogens is 1. The topological polar surface area (TPSA) is 49.9 Å². The van der Waals surface area contributed by atoms with Crippen molar-refractivity contribution in [2.24, 2.45) is 17.0 Å². The number of aromatic nitrogens is 1. The van der Waals surface area contributed by atoms with Crippen LogP contribution in [0, 0.1) is 0 Å². The number of nitrogens with zero attached hydrogens (tertiary/aromatic N) is 3. The summed E-state index contributed by atoms with van der Waals surface area (Å²) in [4.78, 5) is 10.5. The molecule has 0 unspecified atom stereocenters. The van der Waals surface area contributed by atoms with Gasteiger partial charge in [-0.1, -0.05) is 45.5 Å². The largest absolute Gasteiger partial charge is 0.493 e. The highest BCUT2D eigenvalue weighted by Gasteiger charge is 2.15. The minimum absolute atomic E-state index is 0.198. The number of thiazole rings is 1. The Kier molecular flexibility index (Phi) is 4.15. The lowest BCUT2D eigenvalue weighted by atomic mass is 10.1. The molecule has 124 valence electrons. The Hall–Kier alpha value is -2.44. The molecule has 4 nitrogen and oxygen atoms in total. The highest BCUT2D eigenvalue weighted by molar-refractivity contribution is 9.10. The number of aromatic hydroxyl groups is 1. The van der Waals surface area contributed by atoms with E-state index in [1.807, 2.05) is 67.9 Å². The number of hydrogen-bond donors (Lipinski definition) is 1. The van der Waals surface area contributed by atoms with Crippen LogP contribution in [0.4, 0.5) is 11.4 Å². The Bertz CT molecular complexity index is 1080. The van der Waals surface area contributed by atoms with Gasteiger partial charge in [0.2, 0.25) is 5.88 Å². The molecule has 0 aliphatic carbocycles. The molecule has 1 aromatic heterocycles. The van der Waals surface area contributed by atoms with E-state index in [-0.39, 0.29) is 5.88 Å². The minimum Gasteiger partial charge on any atom is -0.493 e. The van der Waals surface area contributed by atoms with E-state index < -0.39 is 0 Å². The van der Waals surface area contributed by atoms with Crippen LogP contribution in [0.25, 0.3) is 11.6 Å². The lowest BCUT2D eigenvalue weighted by Gasteiger charge is -2.00. The molecule has 1 aliphatic heterocycles. The molecular formula is C19H14BrN3OS. The molecule has 1 N–H and O–H groups in total. The van der Waals surface area contributed by atoms with Crippen molar-refractivity contribution in [2.75, 3.05) is 0 Å². The molecule has 0 bridgehead atoms. The molecule has 1 aliphatic rings. The van der Waals surface area contributed by atoms with E-state index in [4.69, 9.17) is 0 Å². The van der Waals surface area contributed by atoms with Crippen LogP contribution in [0.1, 0.15) is 10.4 Å². The molecule has 4 rings (SSSR count). The van der Waals surface area contributed by atoms with Crippen LogP contribution >= 0.6 is 27.3 Å². The van der Waals surface area contributed by atoms with Crippen molar-refractivity contribution >= 4 is 56.5 Å². The molecule has 6 heteroatoms. The zero-order valence-electron chi connectivity index (χ0n) is 13.3. The normalized spacial score (nSPS) is 15.1. The molecule has 0 spiro atoms. The van der Waals surface area contributed by atoms with Crippen molar-refractivity contribution in [2.45, 2.75) is 0 Å². The number of aliphatic imine (C=N–C) groups is 1. The Morgan fingerprint density at radius 1 is 1.20 bits per heavy atom. The molecule has 2 aromatic carbocycles. The third kappa shape index (κ3) is 3.10. The van der Waals surface area contributed by atoms with Crippen LogP contribution in [-0.4, -0.2) is 15.9 Å². The Labute approximate surface area is 157 Å². The standard InChI is InChI=1S/C19H14BrN3OS/c1-23-18(24)17(25-19(23)22-14-5-3-2-4-6-14)9-12-11-21-16-8-7-13(20)10-15(12)16/h2-11,24H,1H3. The van der Waals surface area contributed by atoms with Crippen molar-refractivity contribution in [1.82, 2.24) is 4.57 Å². The van der Waals surface area contributed by atoms with Crippen molar-refractivity contribution in [3.05, 3.63) is 68.2 Å². The molecule has 0 saturated heterocycles. The van der Waals surface area contributed by atoms with Crippen molar-refractivity contribution in [3.63, 3.8) is 0 Å². The Balaban J connectivity index is 1.79. The van der Waals surface area contributed by atoms with E-state index in [2.05, 4.69) is 25.9 Å². The van der Waals surface area contributed by atoms with Crippen molar-refractivity contribution < 1.29 is 5.11 Å². The quantitative estimate of drug-likeness (QED) is 0.630. The van der Waals surface area contributed by atoms with Crippen LogP contribution in [0.15, 0.2) is 63.0 Å². The fraction of sp³-hybridized carbons (Fsp3) is 0.0526. The summed E-state index contributed by atoms with van der Waals surface area (Å²) in [5.41, 5.74) is 3.81. The summed E-state index contributed by atoms with van der Waals surface area (Å²) in [5.74, 6) is 0.198. The van der Waals surface area contributed by atoms with Crippen LogP contribution in [-0.2, 0) is 7.05 Å². The Morgan fingerprint density at radius 3 is 2.80 bits per heavy atom. The van der Waals surface area contributed by atoms with Gasteiger partial charge in [-0.15, -0.1) is 0 Å². The first-order chi connectivity index (χ1) is 12.1. The van der Waals surface area contributed by atoms with Gasteiger partial charge in [-0.05, 0) is 36.4 Å². The summed E-state index contributed by atoms with van der Waals surface area (Å²) >= 11 is 4.94. The van der Waals surface area contributed by atoms with Gasteiger partial charge in [-0.2, -0.15) is 0 Å². The second-order valence-electron chi connectivity index (χ2n) is 5.60. The lowest BCUT2D eigenvalue weighted by molar-refractivity contribution is 0.427. The summed E-state index contributed by atoms with van der Waals surface area (Å²) in [6, 6.07) is 15.7. The number of benzene rings is 2. The second kappa shape index (κ2) is 6.46. The number of hydrogen-bond acceptors (Lipinski definition) is 4. The number of para-hydroxylation sites is 1. The first-order valence-electron chi connectivity index (χ1n) is 7.66. The van der Waals surface area contributed by atoms with E-state index in [1.165, 1.54) is 11.3 Å². The summed E-state index contributed by atoms with van der Waals surface area (Å²) in [6.07, 6.45) is 3.77. The maximum Gasteiger partial charge on any atom is 0.210 e. The zero-order chi connectivity index (χ0) is 17.4. The predicted octanol–water partition coefficient (Wildman–Crippen LogP) is 5.04. The van der Waals surface area contributed by atoms with Crippen LogP contribution in [0.2, 0.25) is 0 Å². The lowest BCUT2D eigenvalue weighted by Crippen LogP contribution is -2.08. The first kappa shape index (κ1) is 16.1. The number of allylic oxidation sites excluding steroid dienone is 1. The van der Waals surface area contributed by atoms with Gasteiger partial charge in [0.25, 0.3) is 0 Å². The summed E-state index contributed by atoms with van der Waals surface area (Å²) in [6.45, 7) is 0. The van der Waals surface area contributed by atoms with Crippen molar-refractivity contribution in [1.29, 1.82) is 0 Å². The van der Waals surface area contributed by atoms with Crippen LogP contribution in [0.3, 0.4) is 0 Å². The zero-order valence-corrected chi connectivity index (χ0v) is 15.8. The Morgan fingerprint density at radius 2 is 2.00 bits per heavy atom. The fourth-order valence-electron chi connectivity index (χ4n) is 2.59. The predicted molar refractivity (Wildman–Crippen MR) is 107 cm³/mol. The third-order valence-electron chi connectivity index (χ3n) is 3.91. The van der Waals surface area contributed by atoms with Gasteiger partial charge >= 0.3 is 0 Å². The van der Waals surface area contributed by atoms with E-state index in [0.717, 1.165) is 36.7 Å². The molecule has 0 saturated carbocycles. The number of rotatable bonds is 2. The molecule has 3 aromatic rings. The maximum absolute atomic E-state index is 10.5. The minimum atomic E-state index is 0.198. The smallest absolute Gasteiger partial charge is 0.210 e. The molecule has 25 heavy (non-hydrogen) atoms. The monoisotopic (exact) mass is 411 g/mol. The summed E-state index contributed by atoms with van der Waals surface area (Å²) < 4.78 is 2.70. The SMILES string of the molecule is Cn1c(O)c(C=C2C=Nc3ccc(Br)cc32)sc1=Nc1ccccc1. The highest BCUT2D eigenvalue weighted by Crippen LogP contribution is 2.36. The summed E-state index contributed by atoms with van der Waals surface area (Å²) in [7, 11) is 1.81. The van der Waals surface area contributed by atoms with E-state index in [1.54, 1.807) is 4.57 Å². The highest BCUT2D eigenvalue weighted by atomic mass is 79.9. The van der Waals surface area contributed by atoms with Crippen LogP contribution < -0.4 is 4.80 Å². The average molecular weight is 412 g/mol. The van der Waals surface area contributed by atoms with Crippen LogP contribution in [0.5, 0.6) is 5.88 Å². The van der Waals surface area contributed by atoms with E-state index >= 15 is 0 Å². The van der Waals surface area contributed by atoms with Gasteiger partial charge in [0.15, 0.2) is 4.80 Å². The first-order valence-corrected chi connectivity index (χ1v) is 9.27. The fourth-order valence-corrected chi connectivity index (χ4v) is 3.94. The molecule has 2 heterocycles. The van der Waals surface area contributed by atoms with Gasteiger partial charge in [0.05, 0.1) is 16.3 Å². The molecule has 0 atom stereocenters. The van der Waals surface area contributed by atoms with Gasteiger partial charge in [-0.3, -0.25) is 9.56 Å². The van der Waals surface area contributed by atoms with E-state index in [0.29, 0.717) is 0 Å². The number of fused-ring (bicyclic) bond motifs is 1. The average Bonchev–Trinajstić information content (AvgIpc) is 3.13. The van der Waals surface area contributed by atoms with Gasteiger partial charge in [0.1, 0.15) is 0 Å². The summed E-state index contributed by atoms with van der Waals surface area (Å²) in [5, 5.41) is 10.5. The molecular weight excluding hydrogens is 398 g/mol. The van der Waals surface area contributed by atoms with Gasteiger partial charge < -0.3 is 5.11 Å². The molecule has 0 amide bonds. The maximum atomic E-state index is 10.5. The third-order valence-corrected chi connectivity index (χ3v) is 5.47. The van der Waals surface area contributed by atoms with Gasteiger partial charge in [0, 0.05) is 28.9 Å². The second-order valence-corrected chi connectivity index (χ2v) is 7.52. The van der Waals surface area contributed by atoms with Gasteiger partial charge in [-0.25, -0.2) is 4.99 Å². The molecule has 0 radical (unpaired) electrons. The van der Waals surface area contributed by atoms with E-state index in [9.17, 15) is 5.11 Å². The van der Waals surface area contributed by atoms with Crippen molar-refractivity contribution in [3.8, 4) is 5.88 Å².